The van der Waals surface area contributed by atoms with Crippen molar-refractivity contribution >= 4 is 23.2 Å². The van der Waals surface area contributed by atoms with Crippen LogP contribution in [-0.2, 0) is 6.54 Å². The molecule has 11 heteroatoms. The van der Waals surface area contributed by atoms with E-state index < -0.39 is 0 Å². The second-order valence-electron chi connectivity index (χ2n) is 7.73. The summed E-state index contributed by atoms with van der Waals surface area (Å²) < 4.78 is 10.9. The zero-order valence-electron chi connectivity index (χ0n) is 17.9. The summed E-state index contributed by atoms with van der Waals surface area (Å²) in [7, 11) is 0. The molecule has 0 aliphatic carbocycles. The second kappa shape index (κ2) is 9.17. The Kier molecular flexibility index (Phi) is 5.77. The standard InChI is InChI=1S/C22H24N8O3/c23-19-20(27-28-22(31)16-2-1-5-24-11-16)25-13-26-21(19)30-8-6-29(7-9-30)12-15-3-4-17-18(10-15)33-14-32-17/h1-5,10-11,13H,6-9,12,14,23H2,(H,28,31)(H,25,26,27). The Balaban J connectivity index is 1.18. The third kappa shape index (κ3) is 4.58. The first kappa shape index (κ1) is 20.8. The fourth-order valence-corrected chi connectivity index (χ4v) is 3.84. The van der Waals surface area contributed by atoms with Crippen LogP contribution in [0.4, 0.5) is 17.3 Å². The predicted molar refractivity (Wildman–Crippen MR) is 122 cm³/mol. The number of carbonyl (C=O) groups excluding carboxylic acids is 1. The van der Waals surface area contributed by atoms with Crippen molar-refractivity contribution in [3.05, 3.63) is 60.2 Å². The number of pyridine rings is 1. The Labute approximate surface area is 190 Å². The van der Waals surface area contributed by atoms with E-state index >= 15 is 0 Å². The number of nitrogens with two attached hydrogens (primary N) is 1. The lowest BCUT2D eigenvalue weighted by Crippen LogP contribution is -2.46. The molecule has 2 aromatic heterocycles. The summed E-state index contributed by atoms with van der Waals surface area (Å²) in [6.45, 7) is 4.37. The largest absolute Gasteiger partial charge is 0.454 e. The summed E-state index contributed by atoms with van der Waals surface area (Å²) >= 11 is 0. The zero-order valence-corrected chi connectivity index (χ0v) is 17.9. The van der Waals surface area contributed by atoms with E-state index in [0.29, 0.717) is 22.9 Å². The number of nitrogens with zero attached hydrogens (tertiary/aromatic N) is 5. The van der Waals surface area contributed by atoms with Crippen LogP contribution in [0.1, 0.15) is 15.9 Å². The van der Waals surface area contributed by atoms with E-state index in [-0.39, 0.29) is 12.7 Å². The lowest BCUT2D eigenvalue weighted by atomic mass is 10.1. The quantitative estimate of drug-likeness (QED) is 0.474. The summed E-state index contributed by atoms with van der Waals surface area (Å²) in [6.07, 6.45) is 4.52. The van der Waals surface area contributed by atoms with Crippen molar-refractivity contribution in [3.8, 4) is 11.5 Å². The van der Waals surface area contributed by atoms with E-state index in [1.807, 2.05) is 12.1 Å². The molecule has 0 radical (unpaired) electrons. The van der Waals surface area contributed by atoms with Crippen LogP contribution in [0.5, 0.6) is 11.5 Å². The predicted octanol–water partition coefficient (Wildman–Crippen LogP) is 1.26. The van der Waals surface area contributed by atoms with Gasteiger partial charge in [-0.3, -0.25) is 25.5 Å². The van der Waals surface area contributed by atoms with Crippen LogP contribution in [0.3, 0.4) is 0 Å². The topological polar surface area (TPSA) is 131 Å². The third-order valence-electron chi connectivity index (χ3n) is 5.60. The van der Waals surface area contributed by atoms with E-state index in [1.54, 1.807) is 18.3 Å². The normalized spacial score (nSPS) is 15.3. The number of hydrazine groups is 1. The Morgan fingerprint density at radius 2 is 1.94 bits per heavy atom. The van der Waals surface area contributed by atoms with Crippen LogP contribution in [0.2, 0.25) is 0 Å². The second-order valence-corrected chi connectivity index (χ2v) is 7.73. The van der Waals surface area contributed by atoms with Gasteiger partial charge in [-0.05, 0) is 29.8 Å². The minimum atomic E-state index is -0.334. The molecule has 0 bridgehead atoms. The van der Waals surface area contributed by atoms with Gasteiger partial charge < -0.3 is 20.1 Å². The van der Waals surface area contributed by atoms with Crippen LogP contribution in [0.15, 0.2) is 49.1 Å². The molecule has 1 amide bonds. The van der Waals surface area contributed by atoms with Gasteiger partial charge in [-0.15, -0.1) is 0 Å². The highest BCUT2D eigenvalue weighted by molar-refractivity contribution is 5.94. The van der Waals surface area contributed by atoms with Gasteiger partial charge in [0.15, 0.2) is 23.1 Å². The van der Waals surface area contributed by atoms with Gasteiger partial charge >= 0.3 is 0 Å². The minimum absolute atomic E-state index is 0.280. The number of aromatic nitrogens is 3. The number of fused-ring (bicyclic) bond motifs is 1. The van der Waals surface area contributed by atoms with Gasteiger partial charge in [0.2, 0.25) is 6.79 Å². The maximum atomic E-state index is 12.2. The van der Waals surface area contributed by atoms with Crippen LogP contribution in [0.25, 0.3) is 0 Å². The number of amides is 1. The lowest BCUT2D eigenvalue weighted by molar-refractivity contribution is 0.0962. The average Bonchev–Trinajstić information content (AvgIpc) is 3.32. The van der Waals surface area contributed by atoms with Gasteiger partial charge in [-0.1, -0.05) is 6.07 Å². The fourth-order valence-electron chi connectivity index (χ4n) is 3.84. The molecule has 1 aromatic carbocycles. The SMILES string of the molecule is Nc1c(NNC(=O)c2cccnc2)ncnc1N1CCN(Cc2ccc3c(c2)OCO3)CC1. The fraction of sp³-hybridized carbons (Fsp3) is 0.273. The van der Waals surface area contributed by atoms with E-state index in [1.165, 1.54) is 18.1 Å². The molecular weight excluding hydrogens is 424 g/mol. The molecule has 33 heavy (non-hydrogen) atoms. The van der Waals surface area contributed by atoms with Crippen molar-refractivity contribution in [1.82, 2.24) is 25.3 Å². The summed E-state index contributed by atoms with van der Waals surface area (Å²) in [5, 5.41) is 0. The van der Waals surface area contributed by atoms with Crippen LogP contribution >= 0.6 is 0 Å². The molecule has 0 atom stereocenters. The number of piperazine rings is 1. The first-order valence-corrected chi connectivity index (χ1v) is 10.6. The van der Waals surface area contributed by atoms with Gasteiger partial charge in [0.05, 0.1) is 5.56 Å². The molecule has 3 aromatic rings. The maximum absolute atomic E-state index is 12.2. The number of nitrogen functional groups attached to an aromatic ring is 1. The Bertz CT molecular complexity index is 1140. The van der Waals surface area contributed by atoms with Crippen molar-refractivity contribution in [2.75, 3.05) is 49.0 Å². The Morgan fingerprint density at radius 3 is 2.76 bits per heavy atom. The van der Waals surface area contributed by atoms with Crippen LogP contribution in [0, 0.1) is 0 Å². The molecule has 1 fully saturated rings. The van der Waals surface area contributed by atoms with E-state index in [2.05, 4.69) is 41.7 Å². The highest BCUT2D eigenvalue weighted by Crippen LogP contribution is 2.33. The highest BCUT2D eigenvalue weighted by Gasteiger charge is 2.22. The summed E-state index contributed by atoms with van der Waals surface area (Å²) in [5.41, 5.74) is 13.7. The zero-order chi connectivity index (χ0) is 22.6. The Hall–Kier alpha value is -4.12. The first-order chi connectivity index (χ1) is 16.2. The summed E-state index contributed by atoms with van der Waals surface area (Å²) in [4.78, 5) is 29.2. The molecule has 170 valence electrons. The molecule has 2 aliphatic rings. The number of ether oxygens (including phenoxy) is 2. The number of anilines is 3. The minimum Gasteiger partial charge on any atom is -0.454 e. The summed E-state index contributed by atoms with van der Waals surface area (Å²) in [5.74, 6) is 2.25. The monoisotopic (exact) mass is 448 g/mol. The molecule has 0 saturated carbocycles. The van der Waals surface area contributed by atoms with Crippen molar-refractivity contribution < 1.29 is 14.3 Å². The van der Waals surface area contributed by atoms with Crippen molar-refractivity contribution in [3.63, 3.8) is 0 Å². The van der Waals surface area contributed by atoms with Crippen molar-refractivity contribution in [1.29, 1.82) is 0 Å². The van der Waals surface area contributed by atoms with Gasteiger partial charge in [0.1, 0.15) is 12.0 Å². The molecule has 4 heterocycles. The number of hydrogen-bond acceptors (Lipinski definition) is 10. The van der Waals surface area contributed by atoms with Crippen LogP contribution < -0.4 is 31.0 Å². The van der Waals surface area contributed by atoms with Crippen LogP contribution in [-0.4, -0.2) is 58.7 Å². The molecule has 2 aliphatic heterocycles. The molecule has 4 N–H and O–H groups in total. The average molecular weight is 448 g/mol. The number of benzene rings is 1. The molecular formula is C22H24N8O3. The number of rotatable bonds is 6. The van der Waals surface area contributed by atoms with E-state index in [4.69, 9.17) is 15.2 Å². The lowest BCUT2D eigenvalue weighted by Gasteiger charge is -2.36. The van der Waals surface area contributed by atoms with Gasteiger partial charge in [-0.25, -0.2) is 9.97 Å². The molecule has 1 saturated heterocycles. The third-order valence-corrected chi connectivity index (χ3v) is 5.60. The Morgan fingerprint density at radius 1 is 1.09 bits per heavy atom. The number of hydrogen-bond donors (Lipinski definition) is 3. The van der Waals surface area contributed by atoms with Crippen molar-refractivity contribution in [2.24, 2.45) is 0 Å². The smallest absolute Gasteiger partial charge is 0.271 e. The first-order valence-electron chi connectivity index (χ1n) is 10.6. The maximum Gasteiger partial charge on any atom is 0.271 e. The molecule has 0 spiro atoms. The van der Waals surface area contributed by atoms with E-state index in [0.717, 1.165) is 44.2 Å². The highest BCUT2D eigenvalue weighted by atomic mass is 16.7. The number of carbonyl (C=O) groups is 1. The molecule has 0 unspecified atom stereocenters. The van der Waals surface area contributed by atoms with Gasteiger partial charge in [0.25, 0.3) is 5.91 Å². The molecule has 11 nitrogen and oxygen atoms in total. The van der Waals surface area contributed by atoms with Gasteiger partial charge in [-0.2, -0.15) is 0 Å². The summed E-state index contributed by atoms with van der Waals surface area (Å²) in [6, 6.07) is 9.42. The van der Waals surface area contributed by atoms with Gasteiger partial charge in [0, 0.05) is 45.1 Å². The molecule has 5 rings (SSSR count). The van der Waals surface area contributed by atoms with Crippen molar-refractivity contribution in [2.45, 2.75) is 6.54 Å². The number of nitrogens with one attached hydrogen (secondary N) is 2. The van der Waals surface area contributed by atoms with E-state index in [9.17, 15) is 4.79 Å².